The average molecular weight is 520 g/mol. The van der Waals surface area contributed by atoms with E-state index in [0.29, 0.717) is 12.0 Å². The number of hydrogen-bond donors (Lipinski definition) is 2. The maximum absolute atomic E-state index is 14.4. The summed E-state index contributed by atoms with van der Waals surface area (Å²) in [7, 11) is 1.24. The van der Waals surface area contributed by atoms with Crippen molar-refractivity contribution in [1.29, 1.82) is 0 Å². The van der Waals surface area contributed by atoms with Gasteiger partial charge in [0.1, 0.15) is 11.5 Å². The van der Waals surface area contributed by atoms with Crippen LogP contribution in [0.5, 0.6) is 5.88 Å². The minimum atomic E-state index is -4.64. The zero-order valence-electron chi connectivity index (χ0n) is 19.7. The van der Waals surface area contributed by atoms with Crippen molar-refractivity contribution in [2.24, 2.45) is 0 Å². The van der Waals surface area contributed by atoms with Crippen molar-refractivity contribution >= 4 is 22.9 Å². The summed E-state index contributed by atoms with van der Waals surface area (Å²) >= 11 is -2.41. The van der Waals surface area contributed by atoms with E-state index in [-0.39, 0.29) is 30.3 Å². The van der Waals surface area contributed by atoms with Crippen molar-refractivity contribution in [3.05, 3.63) is 53.0 Å². The summed E-state index contributed by atoms with van der Waals surface area (Å²) in [6.45, 7) is 3.64. The number of unbranched alkanes of at least 4 members (excludes halogenated alkanes) is 3. The molecular formula is C23H29F4N3O4S. The Hall–Kier alpha value is -2.73. The summed E-state index contributed by atoms with van der Waals surface area (Å²) in [6.07, 6.45) is -1.12. The lowest BCUT2D eigenvalue weighted by Crippen LogP contribution is -2.28. The highest BCUT2D eigenvalue weighted by molar-refractivity contribution is 7.80. The zero-order valence-corrected chi connectivity index (χ0v) is 20.5. The molecule has 1 aromatic heterocycles. The van der Waals surface area contributed by atoms with E-state index in [1.54, 1.807) is 0 Å². The number of aromatic nitrogens is 1. The standard InChI is InChI=1S/C23H29F4N3O4S/c1-4-5-6-7-12-34-22-17(9-11-20(29-22)23(25,26)27)14-28-21(31)15(2)16-8-10-19(18(24)13-16)30(3)35(32)33/h8-11,13,15H,4-7,12,14H2,1-3H3,(H,28,31)(H,32,33). The third kappa shape index (κ3) is 8.17. The van der Waals surface area contributed by atoms with E-state index in [4.69, 9.17) is 9.29 Å². The summed E-state index contributed by atoms with van der Waals surface area (Å²) < 4.78 is 80.3. The first-order valence-corrected chi connectivity index (χ1v) is 12.1. The number of amides is 1. The van der Waals surface area contributed by atoms with Crippen LogP contribution in [-0.2, 0) is 28.8 Å². The molecule has 0 saturated carbocycles. The van der Waals surface area contributed by atoms with Gasteiger partial charge in [-0.25, -0.2) is 13.6 Å². The fourth-order valence-corrected chi connectivity index (χ4v) is 3.52. The SMILES string of the molecule is CCCCCCOc1nc(C(F)(F)F)ccc1CNC(=O)C(C)c1ccc(N(C)S(=O)O)c(F)c1. The normalized spacial score (nSPS) is 13.3. The second-order valence-electron chi connectivity index (χ2n) is 7.95. The zero-order chi connectivity index (χ0) is 26.2. The fourth-order valence-electron chi connectivity index (χ4n) is 3.20. The molecule has 0 aliphatic carbocycles. The van der Waals surface area contributed by atoms with Crippen molar-refractivity contribution in [1.82, 2.24) is 10.3 Å². The van der Waals surface area contributed by atoms with Gasteiger partial charge in [-0.15, -0.1) is 0 Å². The third-order valence-corrected chi connectivity index (χ3v) is 6.02. The van der Waals surface area contributed by atoms with Crippen LogP contribution in [-0.4, -0.2) is 33.3 Å². The van der Waals surface area contributed by atoms with Crippen LogP contribution < -0.4 is 14.4 Å². The monoisotopic (exact) mass is 519 g/mol. The summed E-state index contributed by atoms with van der Waals surface area (Å²) in [4.78, 5) is 16.2. The van der Waals surface area contributed by atoms with E-state index in [1.165, 1.54) is 32.2 Å². The molecule has 0 aliphatic rings. The third-order valence-electron chi connectivity index (χ3n) is 5.36. The number of anilines is 1. The van der Waals surface area contributed by atoms with E-state index in [0.717, 1.165) is 35.7 Å². The Morgan fingerprint density at radius 2 is 1.94 bits per heavy atom. The summed E-state index contributed by atoms with van der Waals surface area (Å²) in [6, 6.07) is 5.86. The number of carbonyl (C=O) groups is 1. The molecular weight excluding hydrogens is 490 g/mol. The van der Waals surface area contributed by atoms with Crippen LogP contribution in [0, 0.1) is 5.82 Å². The first-order chi connectivity index (χ1) is 16.5. The summed E-state index contributed by atoms with van der Waals surface area (Å²) in [5, 5.41) is 2.62. The fraction of sp³-hybridized carbons (Fsp3) is 0.478. The van der Waals surface area contributed by atoms with Crippen LogP contribution in [0.25, 0.3) is 0 Å². The number of nitrogens with one attached hydrogen (secondary N) is 1. The van der Waals surface area contributed by atoms with E-state index >= 15 is 0 Å². The highest BCUT2D eigenvalue weighted by atomic mass is 32.2. The number of nitrogens with zero attached hydrogens (tertiary/aromatic N) is 2. The van der Waals surface area contributed by atoms with Gasteiger partial charge in [-0.1, -0.05) is 32.3 Å². The number of carbonyl (C=O) groups excluding carboxylic acids is 1. The summed E-state index contributed by atoms with van der Waals surface area (Å²) in [5.41, 5.74) is -0.603. The number of rotatable bonds is 12. The van der Waals surface area contributed by atoms with Gasteiger partial charge < -0.3 is 10.1 Å². The van der Waals surface area contributed by atoms with Gasteiger partial charge >= 0.3 is 6.18 Å². The molecule has 12 heteroatoms. The number of alkyl halides is 3. The number of halogens is 4. The Kier molecular flexibility index (Phi) is 10.4. The van der Waals surface area contributed by atoms with Crippen LogP contribution in [0.1, 0.15) is 62.3 Å². The highest BCUT2D eigenvalue weighted by Gasteiger charge is 2.33. The van der Waals surface area contributed by atoms with E-state index in [1.807, 2.05) is 6.92 Å². The molecule has 1 heterocycles. The predicted molar refractivity (Wildman–Crippen MR) is 125 cm³/mol. The van der Waals surface area contributed by atoms with Gasteiger partial charge in [-0.05, 0) is 43.2 Å². The van der Waals surface area contributed by atoms with Crippen LogP contribution >= 0.6 is 0 Å². The first-order valence-electron chi connectivity index (χ1n) is 11.1. The Morgan fingerprint density at radius 3 is 2.54 bits per heavy atom. The van der Waals surface area contributed by atoms with Crippen LogP contribution in [0.15, 0.2) is 30.3 Å². The molecule has 2 aromatic rings. The number of benzene rings is 1. The van der Waals surface area contributed by atoms with Gasteiger partial charge in [0.25, 0.3) is 11.3 Å². The maximum atomic E-state index is 14.4. The van der Waals surface area contributed by atoms with Crippen molar-refractivity contribution in [3.63, 3.8) is 0 Å². The second-order valence-corrected chi connectivity index (χ2v) is 8.96. The van der Waals surface area contributed by atoms with Gasteiger partial charge in [0.15, 0.2) is 0 Å². The molecule has 2 N–H and O–H groups in total. The van der Waals surface area contributed by atoms with Crippen LogP contribution in [0.4, 0.5) is 23.2 Å². The van der Waals surface area contributed by atoms with E-state index in [2.05, 4.69) is 10.3 Å². The van der Waals surface area contributed by atoms with Gasteiger partial charge in [0.05, 0.1) is 18.2 Å². The Labute approximate surface area is 204 Å². The van der Waals surface area contributed by atoms with Crippen LogP contribution in [0.3, 0.4) is 0 Å². The Morgan fingerprint density at radius 1 is 1.23 bits per heavy atom. The quantitative estimate of drug-likeness (QED) is 0.229. The number of ether oxygens (including phenoxy) is 1. The number of pyridine rings is 1. The molecule has 7 nitrogen and oxygen atoms in total. The molecule has 1 aromatic carbocycles. The van der Waals surface area contributed by atoms with Gasteiger partial charge in [-0.2, -0.15) is 13.2 Å². The molecule has 2 rings (SSSR count). The molecule has 0 spiro atoms. The molecule has 0 radical (unpaired) electrons. The smallest absolute Gasteiger partial charge is 0.433 e. The topological polar surface area (TPSA) is 91.8 Å². The predicted octanol–water partition coefficient (Wildman–Crippen LogP) is 5.19. The van der Waals surface area contributed by atoms with Crippen molar-refractivity contribution in [2.45, 2.75) is 58.2 Å². The lowest BCUT2D eigenvalue weighted by Gasteiger charge is -2.18. The minimum absolute atomic E-state index is 0.112. The number of hydrogen-bond acceptors (Lipinski definition) is 4. The van der Waals surface area contributed by atoms with E-state index < -0.39 is 40.8 Å². The summed E-state index contributed by atoms with van der Waals surface area (Å²) in [5.74, 6) is -2.27. The van der Waals surface area contributed by atoms with Crippen molar-refractivity contribution < 1.29 is 35.9 Å². The Bertz CT molecular complexity index is 1040. The minimum Gasteiger partial charge on any atom is -0.477 e. The molecule has 194 valence electrons. The maximum Gasteiger partial charge on any atom is 0.433 e. The van der Waals surface area contributed by atoms with Crippen molar-refractivity contribution in [3.8, 4) is 5.88 Å². The average Bonchev–Trinajstić information content (AvgIpc) is 2.81. The largest absolute Gasteiger partial charge is 0.477 e. The lowest BCUT2D eigenvalue weighted by molar-refractivity contribution is -0.141. The highest BCUT2D eigenvalue weighted by Crippen LogP contribution is 2.30. The Balaban J connectivity index is 2.11. The molecule has 1 amide bonds. The van der Waals surface area contributed by atoms with Gasteiger partial charge in [0.2, 0.25) is 11.8 Å². The molecule has 35 heavy (non-hydrogen) atoms. The molecule has 0 bridgehead atoms. The first kappa shape index (κ1) is 28.5. The van der Waals surface area contributed by atoms with Crippen LogP contribution in [0.2, 0.25) is 0 Å². The molecule has 0 fully saturated rings. The lowest BCUT2D eigenvalue weighted by atomic mass is 9.99. The van der Waals surface area contributed by atoms with E-state index in [9.17, 15) is 26.6 Å². The van der Waals surface area contributed by atoms with Gasteiger partial charge in [0, 0.05) is 19.2 Å². The second kappa shape index (κ2) is 12.8. The molecule has 0 saturated heterocycles. The van der Waals surface area contributed by atoms with Gasteiger partial charge in [-0.3, -0.25) is 13.7 Å². The molecule has 2 unspecified atom stereocenters. The molecule has 2 atom stereocenters. The van der Waals surface area contributed by atoms with Crippen molar-refractivity contribution in [2.75, 3.05) is 18.0 Å². The molecule has 0 aliphatic heterocycles.